The summed E-state index contributed by atoms with van der Waals surface area (Å²) in [6.45, 7) is 4.35. The highest BCUT2D eigenvalue weighted by molar-refractivity contribution is 9.09. The molecule has 1 atom stereocenters. The Morgan fingerprint density at radius 1 is 1.21 bits per heavy atom. The van der Waals surface area contributed by atoms with E-state index < -0.39 is 0 Å². The number of carbonyl (C=O) groups excluding carboxylic acids is 1. The fourth-order valence-corrected chi connectivity index (χ4v) is 3.02. The van der Waals surface area contributed by atoms with Crippen molar-refractivity contribution in [2.24, 2.45) is 0 Å². The van der Waals surface area contributed by atoms with E-state index in [4.69, 9.17) is 4.74 Å². The number of nitrogens with zero attached hydrogens (tertiary/aromatic N) is 1. The Kier molecular flexibility index (Phi) is 9.52. The molecule has 1 rings (SSSR count). The third kappa shape index (κ3) is 6.75. The zero-order valence-corrected chi connectivity index (χ0v) is 13.8. The van der Waals surface area contributed by atoms with Crippen molar-refractivity contribution >= 4 is 21.8 Å². The van der Waals surface area contributed by atoms with Gasteiger partial charge in [-0.3, -0.25) is 4.79 Å². The highest BCUT2D eigenvalue weighted by Crippen LogP contribution is 2.14. The largest absolute Gasteiger partial charge is 0.377 e. The van der Waals surface area contributed by atoms with E-state index in [-0.39, 0.29) is 6.04 Å². The molecule has 0 aliphatic carbocycles. The van der Waals surface area contributed by atoms with Crippen molar-refractivity contribution < 1.29 is 9.53 Å². The summed E-state index contributed by atoms with van der Waals surface area (Å²) in [6.07, 6.45) is 9.53. The van der Waals surface area contributed by atoms with Crippen molar-refractivity contribution in [2.45, 2.75) is 64.3 Å². The molecule has 1 aliphatic rings. The summed E-state index contributed by atoms with van der Waals surface area (Å²) in [4.78, 5) is 14.1. The molecule has 1 unspecified atom stereocenters. The third-order valence-corrected chi connectivity index (χ3v) is 4.47. The van der Waals surface area contributed by atoms with Crippen LogP contribution in [0.15, 0.2) is 0 Å². The first-order chi connectivity index (χ1) is 9.29. The molecule has 4 heteroatoms. The fourth-order valence-electron chi connectivity index (χ4n) is 2.49. The Bertz CT molecular complexity index is 248. The molecule has 1 fully saturated rings. The molecule has 0 N–H and O–H groups in total. The molecule has 19 heavy (non-hydrogen) atoms. The molecule has 0 aromatic rings. The van der Waals surface area contributed by atoms with Gasteiger partial charge in [0, 0.05) is 18.3 Å². The van der Waals surface area contributed by atoms with Crippen molar-refractivity contribution in [1.82, 2.24) is 4.90 Å². The molecule has 1 aliphatic heterocycles. The minimum Gasteiger partial charge on any atom is -0.377 e. The number of amides is 1. The van der Waals surface area contributed by atoms with E-state index in [2.05, 4.69) is 22.9 Å². The minimum absolute atomic E-state index is 0.228. The van der Waals surface area contributed by atoms with E-state index in [0.717, 1.165) is 18.3 Å². The standard InChI is InChI=1S/C15H28BrNO2/c1-2-3-4-5-6-7-8-9-15(18)17-10-11-19-13-14(17)12-16/h14H,2-13H2,1H3. The number of hydrogen-bond donors (Lipinski definition) is 0. The van der Waals surface area contributed by atoms with Crippen molar-refractivity contribution in [1.29, 1.82) is 0 Å². The zero-order chi connectivity index (χ0) is 13.9. The van der Waals surface area contributed by atoms with Crippen LogP contribution in [0.25, 0.3) is 0 Å². The molecule has 1 saturated heterocycles. The lowest BCUT2D eigenvalue weighted by molar-refractivity contribution is -0.138. The molecule has 1 heterocycles. The first kappa shape index (κ1) is 17.0. The lowest BCUT2D eigenvalue weighted by Gasteiger charge is -2.34. The average Bonchev–Trinajstić information content (AvgIpc) is 2.46. The highest BCUT2D eigenvalue weighted by atomic mass is 79.9. The summed E-state index contributed by atoms with van der Waals surface area (Å²) in [5.74, 6) is 0.307. The summed E-state index contributed by atoms with van der Waals surface area (Å²) < 4.78 is 5.41. The Morgan fingerprint density at radius 2 is 1.89 bits per heavy atom. The number of unbranched alkanes of at least 4 members (excludes halogenated alkanes) is 6. The summed E-state index contributed by atoms with van der Waals surface area (Å²) in [5, 5.41) is 0.815. The second kappa shape index (κ2) is 10.7. The van der Waals surface area contributed by atoms with Gasteiger partial charge >= 0.3 is 0 Å². The molecule has 0 bridgehead atoms. The van der Waals surface area contributed by atoms with Crippen LogP contribution in [0.5, 0.6) is 0 Å². The predicted octanol–water partition coefficient (Wildman–Crippen LogP) is 3.75. The summed E-state index contributed by atoms with van der Waals surface area (Å²) in [5.41, 5.74) is 0. The Labute approximate surface area is 126 Å². The van der Waals surface area contributed by atoms with Crippen molar-refractivity contribution in [3.05, 3.63) is 0 Å². The van der Waals surface area contributed by atoms with E-state index in [0.29, 0.717) is 25.5 Å². The summed E-state index contributed by atoms with van der Waals surface area (Å²) in [7, 11) is 0. The van der Waals surface area contributed by atoms with E-state index >= 15 is 0 Å². The number of rotatable bonds is 9. The van der Waals surface area contributed by atoms with Gasteiger partial charge in [-0.25, -0.2) is 0 Å². The second-order valence-electron chi connectivity index (χ2n) is 5.34. The van der Waals surface area contributed by atoms with Gasteiger partial charge in [-0.1, -0.05) is 61.4 Å². The molecule has 0 aromatic heterocycles. The predicted molar refractivity (Wildman–Crippen MR) is 82.7 cm³/mol. The lowest BCUT2D eigenvalue weighted by Crippen LogP contribution is -2.49. The van der Waals surface area contributed by atoms with Crippen LogP contribution in [0.3, 0.4) is 0 Å². The molecular formula is C15H28BrNO2. The van der Waals surface area contributed by atoms with Crippen molar-refractivity contribution in [2.75, 3.05) is 25.1 Å². The van der Waals surface area contributed by atoms with Crippen LogP contribution >= 0.6 is 15.9 Å². The summed E-state index contributed by atoms with van der Waals surface area (Å²) in [6, 6.07) is 0.228. The number of alkyl halides is 1. The maximum Gasteiger partial charge on any atom is 0.223 e. The molecule has 0 aromatic carbocycles. The van der Waals surface area contributed by atoms with Crippen LogP contribution in [0.1, 0.15) is 58.3 Å². The molecule has 0 spiro atoms. The van der Waals surface area contributed by atoms with Crippen LogP contribution in [0, 0.1) is 0 Å². The maximum atomic E-state index is 12.2. The van der Waals surface area contributed by atoms with Crippen LogP contribution in [0.4, 0.5) is 0 Å². The smallest absolute Gasteiger partial charge is 0.223 e. The van der Waals surface area contributed by atoms with Crippen LogP contribution in [0.2, 0.25) is 0 Å². The summed E-state index contributed by atoms with van der Waals surface area (Å²) >= 11 is 3.46. The van der Waals surface area contributed by atoms with Crippen LogP contribution in [-0.2, 0) is 9.53 Å². The number of halogens is 1. The molecule has 0 saturated carbocycles. The van der Waals surface area contributed by atoms with Gasteiger partial charge in [0.2, 0.25) is 5.91 Å². The van der Waals surface area contributed by atoms with Crippen molar-refractivity contribution in [3.63, 3.8) is 0 Å². The Morgan fingerprint density at radius 3 is 2.58 bits per heavy atom. The second-order valence-corrected chi connectivity index (χ2v) is 5.99. The van der Waals surface area contributed by atoms with E-state index in [1.54, 1.807) is 0 Å². The van der Waals surface area contributed by atoms with Gasteiger partial charge in [0.25, 0.3) is 0 Å². The maximum absolute atomic E-state index is 12.2. The van der Waals surface area contributed by atoms with Gasteiger partial charge in [-0.15, -0.1) is 0 Å². The molecule has 0 radical (unpaired) electrons. The molecular weight excluding hydrogens is 306 g/mol. The molecule has 3 nitrogen and oxygen atoms in total. The van der Waals surface area contributed by atoms with Crippen LogP contribution in [-0.4, -0.2) is 41.9 Å². The quantitative estimate of drug-likeness (QED) is 0.475. The zero-order valence-electron chi connectivity index (χ0n) is 12.2. The van der Waals surface area contributed by atoms with Crippen molar-refractivity contribution in [3.8, 4) is 0 Å². The normalized spacial score (nSPS) is 19.7. The minimum atomic E-state index is 0.228. The Balaban J connectivity index is 2.09. The Hall–Kier alpha value is -0.0900. The first-order valence-corrected chi connectivity index (χ1v) is 8.85. The van der Waals surface area contributed by atoms with Gasteiger partial charge in [0.05, 0.1) is 19.3 Å². The van der Waals surface area contributed by atoms with Gasteiger partial charge in [-0.05, 0) is 6.42 Å². The number of ether oxygens (including phenoxy) is 1. The number of carbonyl (C=O) groups is 1. The lowest BCUT2D eigenvalue weighted by atomic mass is 10.1. The molecule has 1 amide bonds. The number of hydrogen-bond acceptors (Lipinski definition) is 2. The van der Waals surface area contributed by atoms with Gasteiger partial charge < -0.3 is 9.64 Å². The highest BCUT2D eigenvalue weighted by Gasteiger charge is 2.25. The molecule has 112 valence electrons. The topological polar surface area (TPSA) is 29.5 Å². The van der Waals surface area contributed by atoms with E-state index in [1.165, 1.54) is 38.5 Å². The van der Waals surface area contributed by atoms with E-state index in [1.807, 2.05) is 4.90 Å². The third-order valence-electron chi connectivity index (χ3n) is 3.72. The average molecular weight is 334 g/mol. The fraction of sp³-hybridized carbons (Fsp3) is 0.933. The van der Waals surface area contributed by atoms with Gasteiger partial charge in [0.15, 0.2) is 0 Å². The first-order valence-electron chi connectivity index (χ1n) is 7.72. The number of morpholine rings is 1. The SMILES string of the molecule is CCCCCCCCCC(=O)N1CCOCC1CBr. The van der Waals surface area contributed by atoms with Gasteiger partial charge in [0.1, 0.15) is 0 Å². The van der Waals surface area contributed by atoms with E-state index in [9.17, 15) is 4.79 Å². The van der Waals surface area contributed by atoms with Crippen LogP contribution < -0.4 is 0 Å². The van der Waals surface area contributed by atoms with Gasteiger partial charge in [-0.2, -0.15) is 0 Å². The monoisotopic (exact) mass is 333 g/mol.